The summed E-state index contributed by atoms with van der Waals surface area (Å²) >= 11 is 0. The lowest BCUT2D eigenvalue weighted by Gasteiger charge is -2.45. The van der Waals surface area contributed by atoms with Gasteiger partial charge < -0.3 is 29.0 Å². The molecule has 0 aliphatic carbocycles. The van der Waals surface area contributed by atoms with Crippen LogP contribution in [0.3, 0.4) is 0 Å². The van der Waals surface area contributed by atoms with Crippen LogP contribution >= 0.6 is 0 Å². The van der Waals surface area contributed by atoms with Gasteiger partial charge in [-0.3, -0.25) is 9.59 Å². The molecule has 2 aromatic rings. The molecule has 1 saturated heterocycles. The summed E-state index contributed by atoms with van der Waals surface area (Å²) in [6.45, 7) is 1.97. The molecule has 1 fully saturated rings. The molecule has 1 spiro atoms. The van der Waals surface area contributed by atoms with Crippen molar-refractivity contribution in [1.82, 2.24) is 19.8 Å². The van der Waals surface area contributed by atoms with E-state index in [0.717, 1.165) is 17.1 Å². The van der Waals surface area contributed by atoms with Gasteiger partial charge in [0.2, 0.25) is 5.91 Å². The van der Waals surface area contributed by atoms with Crippen LogP contribution in [0.5, 0.6) is 5.75 Å². The van der Waals surface area contributed by atoms with Crippen LogP contribution in [0.15, 0.2) is 36.7 Å². The van der Waals surface area contributed by atoms with E-state index < -0.39 is 11.7 Å². The molecule has 166 valence electrons. The Morgan fingerprint density at radius 1 is 1.23 bits per heavy atom. The maximum atomic E-state index is 12.9. The second-order valence-corrected chi connectivity index (χ2v) is 7.88. The van der Waals surface area contributed by atoms with Crippen molar-refractivity contribution in [3.05, 3.63) is 48.0 Å². The number of methoxy groups -OCH3 is 2. The standard InChI is InChI=1S/C22H28N4O5/c1-29-15-19(27)25-10-7-22(8-11-25)21-23-9-12-26(21)14-18(31-22)20(28)24-13-16-3-5-17(30-2)6-4-16/h3-6,9,12,18H,7-8,10-11,13-15H2,1-2H3,(H,24,28)/t18-/m1/s1. The van der Waals surface area contributed by atoms with E-state index in [4.69, 9.17) is 14.2 Å². The minimum atomic E-state index is -0.673. The molecule has 9 heteroatoms. The van der Waals surface area contributed by atoms with Crippen molar-refractivity contribution in [1.29, 1.82) is 0 Å². The monoisotopic (exact) mass is 428 g/mol. The average molecular weight is 428 g/mol. The number of hydrogen-bond donors (Lipinski definition) is 1. The van der Waals surface area contributed by atoms with E-state index in [0.29, 0.717) is 39.0 Å². The third-order valence-corrected chi connectivity index (χ3v) is 5.96. The summed E-state index contributed by atoms with van der Waals surface area (Å²) in [4.78, 5) is 31.4. The number of benzene rings is 1. The average Bonchev–Trinajstić information content (AvgIpc) is 3.28. The summed E-state index contributed by atoms with van der Waals surface area (Å²) in [6.07, 6.45) is 4.16. The van der Waals surface area contributed by atoms with Crippen LogP contribution in [0.1, 0.15) is 24.2 Å². The van der Waals surface area contributed by atoms with Crippen molar-refractivity contribution < 1.29 is 23.8 Å². The molecular formula is C22H28N4O5. The smallest absolute Gasteiger partial charge is 0.251 e. The molecule has 1 N–H and O–H groups in total. The van der Waals surface area contributed by atoms with Crippen LogP contribution in [0.25, 0.3) is 0 Å². The molecule has 1 aromatic heterocycles. The van der Waals surface area contributed by atoms with E-state index in [9.17, 15) is 9.59 Å². The molecule has 31 heavy (non-hydrogen) atoms. The Bertz CT molecular complexity index is 918. The van der Waals surface area contributed by atoms with Gasteiger partial charge in [0.25, 0.3) is 5.91 Å². The third-order valence-electron chi connectivity index (χ3n) is 5.96. The van der Waals surface area contributed by atoms with Crippen LogP contribution in [-0.2, 0) is 37.8 Å². The largest absolute Gasteiger partial charge is 0.497 e. The van der Waals surface area contributed by atoms with E-state index in [2.05, 4.69) is 10.3 Å². The number of nitrogens with one attached hydrogen (secondary N) is 1. The highest BCUT2D eigenvalue weighted by atomic mass is 16.5. The van der Waals surface area contributed by atoms with Gasteiger partial charge >= 0.3 is 0 Å². The summed E-state index contributed by atoms with van der Waals surface area (Å²) in [5.41, 5.74) is 0.307. The number of carbonyl (C=O) groups is 2. The Morgan fingerprint density at radius 2 is 1.97 bits per heavy atom. The SMILES string of the molecule is COCC(=O)N1CCC2(CC1)O[C@@H](C(=O)NCc1ccc(OC)cc1)Cn1ccnc12. The van der Waals surface area contributed by atoms with Gasteiger partial charge in [-0.25, -0.2) is 4.98 Å². The zero-order chi connectivity index (χ0) is 21.8. The molecule has 0 unspecified atom stereocenters. The number of nitrogens with zero attached hydrogens (tertiary/aromatic N) is 3. The van der Waals surface area contributed by atoms with E-state index >= 15 is 0 Å². The Balaban J connectivity index is 1.42. The number of piperidine rings is 1. The van der Waals surface area contributed by atoms with E-state index in [1.165, 1.54) is 7.11 Å². The Morgan fingerprint density at radius 3 is 2.65 bits per heavy atom. The molecule has 2 aliphatic rings. The lowest BCUT2D eigenvalue weighted by molar-refractivity contribution is -0.176. The molecule has 0 radical (unpaired) electrons. The third kappa shape index (κ3) is 4.42. The number of hydrogen-bond acceptors (Lipinski definition) is 6. The number of amides is 2. The van der Waals surface area contributed by atoms with E-state index in [-0.39, 0.29) is 18.4 Å². The first kappa shape index (κ1) is 21.3. The Labute approximate surface area is 181 Å². The number of ether oxygens (including phenoxy) is 3. The number of fused-ring (bicyclic) bond motifs is 2. The maximum absolute atomic E-state index is 12.9. The quantitative estimate of drug-likeness (QED) is 0.740. The van der Waals surface area contributed by atoms with Crippen LogP contribution in [0.2, 0.25) is 0 Å². The van der Waals surface area contributed by atoms with Gasteiger partial charge in [0, 0.05) is 52.0 Å². The minimum absolute atomic E-state index is 0.0368. The zero-order valence-electron chi connectivity index (χ0n) is 17.9. The van der Waals surface area contributed by atoms with Crippen molar-refractivity contribution in [2.24, 2.45) is 0 Å². The fraction of sp³-hybridized carbons (Fsp3) is 0.500. The van der Waals surface area contributed by atoms with Gasteiger partial charge in [0.05, 0.1) is 13.7 Å². The Kier molecular flexibility index (Phi) is 6.24. The number of imidazole rings is 1. The van der Waals surface area contributed by atoms with E-state index in [1.807, 2.05) is 35.0 Å². The van der Waals surface area contributed by atoms with Gasteiger partial charge in [-0.1, -0.05) is 12.1 Å². The maximum Gasteiger partial charge on any atom is 0.251 e. The molecule has 0 saturated carbocycles. The highest BCUT2D eigenvalue weighted by molar-refractivity contribution is 5.81. The lowest BCUT2D eigenvalue weighted by Crippen LogP contribution is -2.55. The van der Waals surface area contributed by atoms with E-state index in [1.54, 1.807) is 18.2 Å². The summed E-state index contributed by atoms with van der Waals surface area (Å²) in [7, 11) is 3.13. The van der Waals surface area contributed by atoms with Gasteiger partial charge in [0.1, 0.15) is 23.8 Å². The number of aromatic nitrogens is 2. The van der Waals surface area contributed by atoms with Crippen LogP contribution in [-0.4, -0.2) is 66.3 Å². The highest BCUT2D eigenvalue weighted by Crippen LogP contribution is 2.40. The molecule has 2 aliphatic heterocycles. The second-order valence-electron chi connectivity index (χ2n) is 7.88. The molecule has 1 aromatic carbocycles. The first-order chi connectivity index (χ1) is 15.0. The number of likely N-dealkylation sites (tertiary alicyclic amines) is 1. The summed E-state index contributed by atoms with van der Waals surface area (Å²) in [6, 6.07) is 7.57. The highest BCUT2D eigenvalue weighted by Gasteiger charge is 2.47. The molecule has 4 rings (SSSR count). The first-order valence-corrected chi connectivity index (χ1v) is 10.4. The normalized spacial score (nSPS) is 19.7. The second kappa shape index (κ2) is 9.07. The van der Waals surface area contributed by atoms with Gasteiger partial charge in [0.15, 0.2) is 6.10 Å². The van der Waals surface area contributed by atoms with Gasteiger partial charge in [-0.15, -0.1) is 0 Å². The number of rotatable bonds is 6. The minimum Gasteiger partial charge on any atom is -0.497 e. The predicted octanol–water partition coefficient (Wildman–Crippen LogP) is 1.07. The fourth-order valence-electron chi connectivity index (χ4n) is 4.25. The summed E-state index contributed by atoms with van der Waals surface area (Å²) in [5.74, 6) is 1.40. The molecule has 2 amide bonds. The first-order valence-electron chi connectivity index (χ1n) is 10.4. The molecule has 1 atom stereocenters. The van der Waals surface area contributed by atoms with Crippen molar-refractivity contribution >= 4 is 11.8 Å². The summed E-state index contributed by atoms with van der Waals surface area (Å²) < 4.78 is 18.5. The van der Waals surface area contributed by atoms with Gasteiger partial charge in [-0.05, 0) is 17.7 Å². The Hall–Kier alpha value is -2.91. The van der Waals surface area contributed by atoms with Crippen molar-refractivity contribution in [3.8, 4) is 5.75 Å². The number of carbonyl (C=O) groups excluding carboxylic acids is 2. The molecule has 3 heterocycles. The predicted molar refractivity (Wildman–Crippen MR) is 111 cm³/mol. The summed E-state index contributed by atoms with van der Waals surface area (Å²) in [5, 5.41) is 2.98. The van der Waals surface area contributed by atoms with Crippen LogP contribution < -0.4 is 10.1 Å². The topological polar surface area (TPSA) is 94.9 Å². The zero-order valence-corrected chi connectivity index (χ0v) is 17.9. The van der Waals surface area contributed by atoms with Crippen molar-refractivity contribution in [2.45, 2.75) is 37.6 Å². The molecule has 0 bridgehead atoms. The van der Waals surface area contributed by atoms with Gasteiger partial charge in [-0.2, -0.15) is 0 Å². The molecule has 9 nitrogen and oxygen atoms in total. The van der Waals surface area contributed by atoms with Crippen molar-refractivity contribution in [2.75, 3.05) is 33.9 Å². The lowest BCUT2D eigenvalue weighted by atomic mass is 9.88. The van der Waals surface area contributed by atoms with Crippen LogP contribution in [0, 0.1) is 0 Å². The van der Waals surface area contributed by atoms with Crippen LogP contribution in [0.4, 0.5) is 0 Å². The van der Waals surface area contributed by atoms with Crippen molar-refractivity contribution in [3.63, 3.8) is 0 Å². The fourth-order valence-corrected chi connectivity index (χ4v) is 4.25. The molecular weight excluding hydrogens is 400 g/mol.